The molecule has 2 heterocycles. The number of hydrogen-bond acceptors (Lipinski definition) is 4. The van der Waals surface area contributed by atoms with Gasteiger partial charge >= 0.3 is 0 Å². The molecule has 1 fully saturated rings. The topological polar surface area (TPSA) is 59.1 Å². The van der Waals surface area contributed by atoms with Crippen LogP contribution in [0.15, 0.2) is 54.6 Å². The van der Waals surface area contributed by atoms with Crippen LogP contribution in [0.1, 0.15) is 24.8 Å². The number of anilines is 1. The molecule has 0 N–H and O–H groups in total. The van der Waals surface area contributed by atoms with Gasteiger partial charge in [0.25, 0.3) is 11.8 Å². The highest BCUT2D eigenvalue weighted by Crippen LogP contribution is 2.34. The number of amides is 2. The number of likely N-dealkylation sites (tertiary alicyclic amines) is 1. The van der Waals surface area contributed by atoms with E-state index in [9.17, 15) is 9.59 Å². The summed E-state index contributed by atoms with van der Waals surface area (Å²) in [5, 5.41) is 0. The van der Waals surface area contributed by atoms with E-state index in [2.05, 4.69) is 0 Å². The minimum absolute atomic E-state index is 0.0456. The second kappa shape index (κ2) is 9.03. The van der Waals surface area contributed by atoms with Crippen LogP contribution in [0.25, 0.3) is 6.08 Å². The van der Waals surface area contributed by atoms with E-state index >= 15 is 0 Å². The van der Waals surface area contributed by atoms with Gasteiger partial charge in [0.05, 0.1) is 19.3 Å². The summed E-state index contributed by atoms with van der Waals surface area (Å²) in [7, 11) is 1.60. The number of fused-ring (bicyclic) bond motifs is 1. The highest BCUT2D eigenvalue weighted by atomic mass is 16.5. The zero-order valence-electron chi connectivity index (χ0n) is 17.1. The molecule has 1 atom stereocenters. The monoisotopic (exact) mass is 406 g/mol. The van der Waals surface area contributed by atoms with Crippen molar-refractivity contribution in [3.05, 3.63) is 60.2 Å². The summed E-state index contributed by atoms with van der Waals surface area (Å²) in [5.74, 6) is 1.00. The zero-order chi connectivity index (χ0) is 20.9. The maximum Gasteiger partial charge on any atom is 0.265 e. The molecule has 2 aliphatic rings. The third kappa shape index (κ3) is 4.17. The predicted molar refractivity (Wildman–Crippen MR) is 116 cm³/mol. The third-order valence-electron chi connectivity index (χ3n) is 5.53. The molecule has 0 spiro atoms. The minimum Gasteiger partial charge on any atom is -0.496 e. The maximum atomic E-state index is 13.1. The molecule has 0 aliphatic carbocycles. The molecule has 0 unspecified atom stereocenters. The number of carbonyl (C=O) groups is 2. The quantitative estimate of drug-likeness (QED) is 0.729. The van der Waals surface area contributed by atoms with E-state index in [-0.39, 0.29) is 18.4 Å². The largest absolute Gasteiger partial charge is 0.496 e. The van der Waals surface area contributed by atoms with E-state index in [1.807, 2.05) is 47.4 Å². The molecule has 2 aliphatic heterocycles. The number of methoxy groups -OCH3 is 1. The van der Waals surface area contributed by atoms with Gasteiger partial charge in [-0.15, -0.1) is 0 Å². The molecule has 156 valence electrons. The second-order valence-electron chi connectivity index (χ2n) is 7.48. The first-order valence-corrected chi connectivity index (χ1v) is 10.3. The van der Waals surface area contributed by atoms with Crippen LogP contribution in [0.5, 0.6) is 11.5 Å². The molecule has 2 aromatic rings. The standard InChI is InChI=1S/C24H26N2O4/c1-29-20-11-5-3-9-18(20)13-14-23(27)26-17-22(24(28)25-15-7-2-8-16-25)30-21-12-6-4-10-19(21)26/h3-6,9-14,22H,2,7-8,15-17H2,1H3/b14-13+/t22-/m1/s1. The SMILES string of the molecule is COc1ccccc1/C=C/C(=O)N1C[C@H](C(=O)N2CCCCC2)Oc2ccccc21. The van der Waals surface area contributed by atoms with Crippen LogP contribution in [-0.2, 0) is 9.59 Å². The van der Waals surface area contributed by atoms with Crippen molar-refractivity contribution in [3.63, 3.8) is 0 Å². The Kier molecular flexibility index (Phi) is 6.02. The molecule has 6 heteroatoms. The summed E-state index contributed by atoms with van der Waals surface area (Å²) in [5.41, 5.74) is 1.49. The van der Waals surface area contributed by atoms with Crippen molar-refractivity contribution in [2.24, 2.45) is 0 Å². The van der Waals surface area contributed by atoms with Crippen LogP contribution in [0.2, 0.25) is 0 Å². The van der Waals surface area contributed by atoms with Gasteiger partial charge < -0.3 is 19.3 Å². The first kappa shape index (κ1) is 20.0. The number of nitrogens with zero attached hydrogens (tertiary/aromatic N) is 2. The molecule has 0 saturated carbocycles. The van der Waals surface area contributed by atoms with Crippen molar-refractivity contribution in [1.82, 2.24) is 4.90 Å². The van der Waals surface area contributed by atoms with E-state index in [1.165, 1.54) is 6.08 Å². The van der Waals surface area contributed by atoms with Gasteiger partial charge in [0.15, 0.2) is 6.10 Å². The fourth-order valence-corrected chi connectivity index (χ4v) is 3.94. The smallest absolute Gasteiger partial charge is 0.265 e. The van der Waals surface area contributed by atoms with Crippen molar-refractivity contribution < 1.29 is 19.1 Å². The number of benzene rings is 2. The van der Waals surface area contributed by atoms with E-state index < -0.39 is 6.10 Å². The van der Waals surface area contributed by atoms with Crippen LogP contribution in [0.4, 0.5) is 5.69 Å². The van der Waals surface area contributed by atoms with Crippen LogP contribution >= 0.6 is 0 Å². The van der Waals surface area contributed by atoms with Crippen LogP contribution in [-0.4, -0.2) is 49.6 Å². The van der Waals surface area contributed by atoms with Gasteiger partial charge in [-0.1, -0.05) is 30.3 Å². The molecule has 0 bridgehead atoms. The lowest BCUT2D eigenvalue weighted by Crippen LogP contribution is -2.52. The summed E-state index contributed by atoms with van der Waals surface area (Å²) in [4.78, 5) is 29.6. The van der Waals surface area contributed by atoms with Gasteiger partial charge in [0, 0.05) is 24.7 Å². The molecule has 2 aromatic carbocycles. The molecule has 6 nitrogen and oxygen atoms in total. The molecule has 0 aromatic heterocycles. The molecular formula is C24H26N2O4. The first-order valence-electron chi connectivity index (χ1n) is 10.3. The van der Waals surface area contributed by atoms with Crippen molar-refractivity contribution in [2.45, 2.75) is 25.4 Å². The zero-order valence-corrected chi connectivity index (χ0v) is 17.1. The average Bonchev–Trinajstić information content (AvgIpc) is 2.82. The lowest BCUT2D eigenvalue weighted by Gasteiger charge is -2.37. The van der Waals surface area contributed by atoms with Gasteiger partial charge in [-0.05, 0) is 43.5 Å². The van der Waals surface area contributed by atoms with Crippen LogP contribution < -0.4 is 14.4 Å². The fraction of sp³-hybridized carbons (Fsp3) is 0.333. The Morgan fingerprint density at radius 3 is 2.57 bits per heavy atom. The highest BCUT2D eigenvalue weighted by molar-refractivity contribution is 6.06. The Labute approximate surface area is 176 Å². The van der Waals surface area contributed by atoms with Crippen molar-refractivity contribution >= 4 is 23.6 Å². The normalized spacial score (nSPS) is 18.6. The van der Waals surface area contributed by atoms with E-state index in [1.54, 1.807) is 24.2 Å². The number of piperidine rings is 1. The van der Waals surface area contributed by atoms with E-state index in [0.29, 0.717) is 17.2 Å². The lowest BCUT2D eigenvalue weighted by molar-refractivity contribution is -0.139. The molecule has 30 heavy (non-hydrogen) atoms. The molecular weight excluding hydrogens is 380 g/mol. The molecule has 1 saturated heterocycles. The summed E-state index contributed by atoms with van der Waals surface area (Å²) >= 11 is 0. The molecule has 4 rings (SSSR count). The fourth-order valence-electron chi connectivity index (χ4n) is 3.94. The number of carbonyl (C=O) groups excluding carboxylic acids is 2. The van der Waals surface area contributed by atoms with Gasteiger partial charge in [-0.2, -0.15) is 0 Å². The van der Waals surface area contributed by atoms with Gasteiger partial charge in [0.2, 0.25) is 0 Å². The van der Waals surface area contributed by atoms with E-state index in [4.69, 9.17) is 9.47 Å². The first-order chi connectivity index (χ1) is 14.7. The Morgan fingerprint density at radius 2 is 1.77 bits per heavy atom. The molecule has 0 radical (unpaired) electrons. The number of para-hydroxylation sites is 3. The Morgan fingerprint density at radius 1 is 1.03 bits per heavy atom. The summed E-state index contributed by atoms with van der Waals surface area (Å²) < 4.78 is 11.3. The van der Waals surface area contributed by atoms with Crippen molar-refractivity contribution in [2.75, 3.05) is 31.6 Å². The number of ether oxygens (including phenoxy) is 2. The van der Waals surface area contributed by atoms with Gasteiger partial charge in [0.1, 0.15) is 11.5 Å². The van der Waals surface area contributed by atoms with Crippen molar-refractivity contribution in [1.29, 1.82) is 0 Å². The average molecular weight is 406 g/mol. The maximum absolute atomic E-state index is 13.1. The Hall–Kier alpha value is -3.28. The summed E-state index contributed by atoms with van der Waals surface area (Å²) in [6.07, 6.45) is 5.74. The van der Waals surface area contributed by atoms with E-state index in [0.717, 1.165) is 37.9 Å². The van der Waals surface area contributed by atoms with Crippen LogP contribution in [0.3, 0.4) is 0 Å². The second-order valence-corrected chi connectivity index (χ2v) is 7.48. The molecule has 2 amide bonds. The van der Waals surface area contributed by atoms with Crippen molar-refractivity contribution in [3.8, 4) is 11.5 Å². The summed E-state index contributed by atoms with van der Waals surface area (Å²) in [6, 6.07) is 14.9. The number of hydrogen-bond donors (Lipinski definition) is 0. The van der Waals surface area contributed by atoms with Gasteiger partial charge in [-0.3, -0.25) is 9.59 Å². The highest BCUT2D eigenvalue weighted by Gasteiger charge is 2.35. The Bertz CT molecular complexity index is 950. The third-order valence-corrected chi connectivity index (χ3v) is 5.53. The predicted octanol–water partition coefficient (Wildman–Crippen LogP) is 3.52. The lowest BCUT2D eigenvalue weighted by atomic mass is 10.1. The Balaban J connectivity index is 1.57. The minimum atomic E-state index is -0.693. The van der Waals surface area contributed by atoms with Crippen LogP contribution in [0, 0.1) is 0 Å². The summed E-state index contributed by atoms with van der Waals surface area (Å²) in [6.45, 7) is 1.70. The van der Waals surface area contributed by atoms with Gasteiger partial charge in [-0.25, -0.2) is 0 Å². The number of rotatable bonds is 4.